The van der Waals surface area contributed by atoms with Crippen LogP contribution in [0.25, 0.3) is 44.4 Å². The van der Waals surface area contributed by atoms with Crippen LogP contribution in [-0.2, 0) is 32.9 Å². The molecule has 0 bridgehead atoms. The van der Waals surface area contributed by atoms with E-state index in [1.54, 1.807) is 6.26 Å². The first-order valence-electron chi connectivity index (χ1n) is 15.9. The van der Waals surface area contributed by atoms with E-state index < -0.39 is 0 Å². The summed E-state index contributed by atoms with van der Waals surface area (Å²) in [6, 6.07) is 34.0. The van der Waals surface area contributed by atoms with Crippen molar-refractivity contribution in [3.63, 3.8) is 0 Å². The first kappa shape index (κ1) is 33.9. The zero-order chi connectivity index (χ0) is 32.2. The van der Waals surface area contributed by atoms with Gasteiger partial charge in [-0.1, -0.05) is 104 Å². The molecule has 0 aliphatic heterocycles. The second kappa shape index (κ2) is 15.0. The van der Waals surface area contributed by atoms with E-state index in [4.69, 9.17) is 9.40 Å². The van der Waals surface area contributed by atoms with Gasteiger partial charge < -0.3 is 9.40 Å². The van der Waals surface area contributed by atoms with Crippen molar-refractivity contribution in [3.8, 4) is 22.5 Å². The van der Waals surface area contributed by atoms with Gasteiger partial charge in [-0.15, -0.1) is 41.0 Å². The Bertz CT molecular complexity index is 2080. The first-order valence-corrected chi connectivity index (χ1v) is 15.9. The molecule has 4 aromatic heterocycles. The Kier molecular flexibility index (Phi) is 10.8. The van der Waals surface area contributed by atoms with E-state index in [-0.39, 0.29) is 20.1 Å². The van der Waals surface area contributed by atoms with Crippen molar-refractivity contribution >= 4 is 21.9 Å². The molecule has 0 atom stereocenters. The second-order valence-electron chi connectivity index (χ2n) is 12.5. The molecule has 1 radical (unpaired) electrons. The molecule has 0 aliphatic carbocycles. The van der Waals surface area contributed by atoms with Gasteiger partial charge in [-0.05, 0) is 67.1 Å². The molecule has 7 rings (SSSR count). The van der Waals surface area contributed by atoms with Crippen molar-refractivity contribution in [2.75, 3.05) is 0 Å². The number of furan rings is 1. The SMILES string of the molecule is CC(C)Cc1ccc2c(-c3cc(Cc4ccccc4)ccn3)[c-]c3ccoc3c2n1.Cc1c[c-]c(-c2cc(C)c(C)cn2)cc1C.[Ir]. The van der Waals surface area contributed by atoms with Crippen LogP contribution in [0.3, 0.4) is 0 Å². The Balaban J connectivity index is 0.000000217. The maximum Gasteiger partial charge on any atom is 0.0847 e. The van der Waals surface area contributed by atoms with Crippen LogP contribution in [0, 0.1) is 45.7 Å². The molecule has 7 aromatic rings. The van der Waals surface area contributed by atoms with Gasteiger partial charge in [-0.3, -0.25) is 9.97 Å². The fourth-order valence-electron chi connectivity index (χ4n) is 5.55. The van der Waals surface area contributed by atoms with E-state index in [1.807, 2.05) is 30.6 Å². The maximum absolute atomic E-state index is 5.77. The van der Waals surface area contributed by atoms with E-state index in [0.717, 1.165) is 62.9 Å². The fraction of sp³-hybridized carbons (Fsp3) is 0.214. The monoisotopic (exact) mass is 794 g/mol. The summed E-state index contributed by atoms with van der Waals surface area (Å²) in [5, 5.41) is 1.95. The van der Waals surface area contributed by atoms with Gasteiger partial charge in [0.25, 0.3) is 0 Å². The van der Waals surface area contributed by atoms with Gasteiger partial charge in [-0.25, -0.2) is 0 Å². The molecule has 0 unspecified atom stereocenters. The number of aryl methyl sites for hydroxylation is 4. The Morgan fingerprint density at radius 1 is 0.766 bits per heavy atom. The summed E-state index contributed by atoms with van der Waals surface area (Å²) in [5.74, 6) is 0.549. The second-order valence-corrected chi connectivity index (χ2v) is 12.5. The topological polar surface area (TPSA) is 51.8 Å². The number of pyridine rings is 3. The third kappa shape index (κ3) is 7.93. The largest absolute Gasteiger partial charge is 0.506 e. The summed E-state index contributed by atoms with van der Waals surface area (Å²) in [6.45, 7) is 12.8. The molecule has 0 aliphatic rings. The predicted octanol–water partition coefficient (Wildman–Crippen LogP) is 10.4. The minimum Gasteiger partial charge on any atom is -0.506 e. The molecule has 4 nitrogen and oxygen atoms in total. The van der Waals surface area contributed by atoms with Crippen LogP contribution in [-0.4, -0.2) is 15.0 Å². The summed E-state index contributed by atoms with van der Waals surface area (Å²) in [6.07, 6.45) is 7.33. The van der Waals surface area contributed by atoms with Gasteiger partial charge in [0.2, 0.25) is 0 Å². The van der Waals surface area contributed by atoms with Gasteiger partial charge in [0.05, 0.1) is 5.58 Å². The average Bonchev–Trinajstić information content (AvgIpc) is 3.53. The van der Waals surface area contributed by atoms with Crippen LogP contribution < -0.4 is 0 Å². The standard InChI is InChI=1S/C27H23N2O.C15H16N.Ir/c1-18(2)14-22-8-9-23-24(17-21-11-13-30-27(21)26(23)29-22)25-16-20(10-12-28-25)15-19-6-4-3-5-7-19;1-10-5-6-14(7-11(10)2)15-8-12(3)13(4)9-16-15;/h3-13,16,18H,14-15H2,1-2H3;5,7-9H,1-4H3;/q2*-1;. The molecule has 0 spiro atoms. The van der Waals surface area contributed by atoms with Crippen molar-refractivity contribution in [3.05, 3.63) is 149 Å². The molecule has 0 saturated heterocycles. The molecule has 0 N–H and O–H groups in total. The summed E-state index contributed by atoms with van der Waals surface area (Å²) in [4.78, 5) is 14.1. The third-order valence-corrected chi connectivity index (χ3v) is 8.39. The average molecular weight is 794 g/mol. The number of rotatable bonds is 6. The maximum atomic E-state index is 5.77. The predicted molar refractivity (Wildman–Crippen MR) is 189 cm³/mol. The van der Waals surface area contributed by atoms with E-state index in [9.17, 15) is 0 Å². The molecular formula is C42H39IrN3O-2. The van der Waals surface area contributed by atoms with Gasteiger partial charge in [0, 0.05) is 55.7 Å². The smallest absolute Gasteiger partial charge is 0.0847 e. The normalized spacial score (nSPS) is 11.0. The molecule has 0 amide bonds. The number of hydrogen-bond donors (Lipinski definition) is 0. The molecular weight excluding hydrogens is 755 g/mol. The van der Waals surface area contributed by atoms with E-state index in [0.29, 0.717) is 5.92 Å². The van der Waals surface area contributed by atoms with Crippen molar-refractivity contribution < 1.29 is 24.5 Å². The zero-order valence-electron chi connectivity index (χ0n) is 27.8. The van der Waals surface area contributed by atoms with Gasteiger partial charge in [0.1, 0.15) is 0 Å². The quantitative estimate of drug-likeness (QED) is 0.157. The Hall–Kier alpha value is -4.44. The zero-order valence-corrected chi connectivity index (χ0v) is 30.2. The van der Waals surface area contributed by atoms with Crippen molar-refractivity contribution in [1.82, 2.24) is 15.0 Å². The Morgan fingerprint density at radius 2 is 1.55 bits per heavy atom. The fourth-order valence-corrected chi connectivity index (χ4v) is 5.55. The molecule has 47 heavy (non-hydrogen) atoms. The Morgan fingerprint density at radius 3 is 2.30 bits per heavy atom. The van der Waals surface area contributed by atoms with Crippen LogP contribution in [0.1, 0.15) is 52.9 Å². The molecule has 4 heterocycles. The molecule has 5 heteroatoms. The molecule has 3 aromatic carbocycles. The molecule has 0 fully saturated rings. The van der Waals surface area contributed by atoms with Gasteiger partial charge in [0.15, 0.2) is 0 Å². The minimum absolute atomic E-state index is 0. The van der Waals surface area contributed by atoms with Crippen LogP contribution in [0.5, 0.6) is 0 Å². The van der Waals surface area contributed by atoms with Gasteiger partial charge in [-0.2, -0.15) is 0 Å². The number of aromatic nitrogens is 3. The minimum atomic E-state index is 0. The van der Waals surface area contributed by atoms with Crippen molar-refractivity contribution in [2.45, 2.75) is 54.4 Å². The summed E-state index contributed by atoms with van der Waals surface area (Å²) < 4.78 is 5.77. The first-order chi connectivity index (χ1) is 22.2. The van der Waals surface area contributed by atoms with Crippen LogP contribution >= 0.6 is 0 Å². The summed E-state index contributed by atoms with van der Waals surface area (Å²) in [5.41, 5.74) is 14.3. The van der Waals surface area contributed by atoms with Crippen LogP contribution in [0.15, 0.2) is 102 Å². The van der Waals surface area contributed by atoms with E-state index in [1.165, 1.54) is 33.4 Å². The van der Waals surface area contributed by atoms with Gasteiger partial charge >= 0.3 is 0 Å². The Labute approximate surface area is 291 Å². The summed E-state index contributed by atoms with van der Waals surface area (Å²) in [7, 11) is 0. The number of nitrogens with zero attached hydrogens (tertiary/aromatic N) is 3. The van der Waals surface area contributed by atoms with E-state index >= 15 is 0 Å². The van der Waals surface area contributed by atoms with Crippen molar-refractivity contribution in [2.24, 2.45) is 5.92 Å². The molecule has 239 valence electrons. The van der Waals surface area contributed by atoms with Crippen molar-refractivity contribution in [1.29, 1.82) is 0 Å². The number of hydrogen-bond acceptors (Lipinski definition) is 4. The van der Waals surface area contributed by atoms with E-state index in [2.05, 4.69) is 124 Å². The summed E-state index contributed by atoms with van der Waals surface area (Å²) >= 11 is 0. The molecule has 0 saturated carbocycles. The van der Waals surface area contributed by atoms with Crippen LogP contribution in [0.2, 0.25) is 0 Å². The number of fused-ring (bicyclic) bond motifs is 3. The van der Waals surface area contributed by atoms with Crippen LogP contribution in [0.4, 0.5) is 0 Å². The number of benzene rings is 3. The third-order valence-electron chi connectivity index (χ3n) is 8.39.